The van der Waals surface area contributed by atoms with Gasteiger partial charge in [-0.15, -0.1) is 0 Å². The average molecular weight is 163 g/mol. The van der Waals surface area contributed by atoms with E-state index in [0.29, 0.717) is 5.88 Å². The van der Waals surface area contributed by atoms with E-state index in [1.165, 1.54) is 0 Å². The Bertz CT molecular complexity index is 408. The molecule has 0 bridgehead atoms. The Labute approximate surface area is 69.8 Å². The molecule has 0 N–H and O–H groups in total. The van der Waals surface area contributed by atoms with Crippen molar-refractivity contribution in [3.63, 3.8) is 0 Å². The summed E-state index contributed by atoms with van der Waals surface area (Å²) >= 11 is 0. The van der Waals surface area contributed by atoms with Crippen molar-refractivity contribution in [2.75, 3.05) is 7.11 Å². The van der Waals surface area contributed by atoms with E-state index < -0.39 is 0 Å². The highest BCUT2D eigenvalue weighted by Gasteiger charge is 2.00. The molecule has 0 aromatic carbocycles. The van der Waals surface area contributed by atoms with E-state index in [4.69, 9.17) is 4.74 Å². The van der Waals surface area contributed by atoms with Crippen LogP contribution in [0.5, 0.6) is 5.88 Å². The molecule has 4 heteroatoms. The van der Waals surface area contributed by atoms with Gasteiger partial charge >= 0.3 is 0 Å². The molecular weight excluding hydrogens is 154 g/mol. The lowest BCUT2D eigenvalue weighted by atomic mass is 10.3. The summed E-state index contributed by atoms with van der Waals surface area (Å²) in [5, 5.41) is 4.12. The molecule has 4 nitrogen and oxygen atoms in total. The summed E-state index contributed by atoms with van der Waals surface area (Å²) in [4.78, 5) is 4.08. The third kappa shape index (κ3) is 0.922. The molecule has 0 aliphatic rings. The van der Waals surface area contributed by atoms with Crippen LogP contribution in [0.25, 0.3) is 5.52 Å². The summed E-state index contributed by atoms with van der Waals surface area (Å²) in [6, 6.07) is 0. The minimum Gasteiger partial charge on any atom is -0.480 e. The minimum atomic E-state index is 0.575. The molecule has 2 aromatic heterocycles. The predicted molar refractivity (Wildman–Crippen MR) is 44.3 cm³/mol. The zero-order chi connectivity index (χ0) is 8.55. The molecule has 2 rings (SSSR count). The van der Waals surface area contributed by atoms with E-state index in [1.54, 1.807) is 30.2 Å². The van der Waals surface area contributed by atoms with E-state index in [1.807, 2.05) is 6.92 Å². The Morgan fingerprint density at radius 2 is 2.25 bits per heavy atom. The molecule has 0 aliphatic carbocycles. The van der Waals surface area contributed by atoms with Crippen molar-refractivity contribution in [1.29, 1.82) is 0 Å². The van der Waals surface area contributed by atoms with E-state index in [9.17, 15) is 0 Å². The van der Waals surface area contributed by atoms with Crippen LogP contribution in [0.2, 0.25) is 0 Å². The molecule has 0 atom stereocenters. The molecule has 0 spiro atoms. The van der Waals surface area contributed by atoms with Crippen LogP contribution in [0.3, 0.4) is 0 Å². The quantitative estimate of drug-likeness (QED) is 0.630. The second kappa shape index (κ2) is 2.48. The predicted octanol–water partition coefficient (Wildman–Crippen LogP) is 1.05. The van der Waals surface area contributed by atoms with Gasteiger partial charge in [-0.1, -0.05) is 0 Å². The molecule has 0 radical (unpaired) electrons. The van der Waals surface area contributed by atoms with Crippen molar-refractivity contribution in [1.82, 2.24) is 14.6 Å². The van der Waals surface area contributed by atoms with E-state index in [0.717, 1.165) is 11.1 Å². The first-order valence-corrected chi connectivity index (χ1v) is 3.65. The molecule has 0 fully saturated rings. The maximum absolute atomic E-state index is 4.96. The molecule has 0 saturated carbocycles. The summed E-state index contributed by atoms with van der Waals surface area (Å²) in [5.41, 5.74) is 2.13. The van der Waals surface area contributed by atoms with E-state index in [2.05, 4.69) is 10.1 Å². The van der Waals surface area contributed by atoms with Crippen LogP contribution in [-0.4, -0.2) is 21.7 Å². The normalized spacial score (nSPS) is 10.5. The van der Waals surface area contributed by atoms with E-state index in [-0.39, 0.29) is 0 Å². The van der Waals surface area contributed by atoms with Gasteiger partial charge in [0.05, 0.1) is 31.2 Å². The van der Waals surface area contributed by atoms with Crippen molar-refractivity contribution in [2.45, 2.75) is 6.92 Å². The largest absolute Gasteiger partial charge is 0.480 e. The second-order valence-corrected chi connectivity index (χ2v) is 2.59. The smallest absolute Gasteiger partial charge is 0.232 e. The Hall–Kier alpha value is -1.58. The number of hydrogen-bond acceptors (Lipinski definition) is 3. The van der Waals surface area contributed by atoms with Crippen LogP contribution in [0.4, 0.5) is 0 Å². The van der Waals surface area contributed by atoms with Gasteiger partial charge in [0.15, 0.2) is 0 Å². The Kier molecular flexibility index (Phi) is 1.46. The Morgan fingerprint density at radius 3 is 3.00 bits per heavy atom. The van der Waals surface area contributed by atoms with Crippen LogP contribution in [-0.2, 0) is 0 Å². The summed E-state index contributed by atoms with van der Waals surface area (Å²) < 4.78 is 6.71. The number of nitrogens with zero attached hydrogens (tertiary/aromatic N) is 3. The zero-order valence-electron chi connectivity index (χ0n) is 6.98. The van der Waals surface area contributed by atoms with Crippen molar-refractivity contribution in [2.24, 2.45) is 0 Å². The monoisotopic (exact) mass is 163 g/mol. The zero-order valence-corrected chi connectivity index (χ0v) is 6.98. The van der Waals surface area contributed by atoms with Gasteiger partial charge in [0.2, 0.25) is 5.88 Å². The van der Waals surface area contributed by atoms with Crippen LogP contribution >= 0.6 is 0 Å². The second-order valence-electron chi connectivity index (χ2n) is 2.59. The molecular formula is C8H9N3O. The van der Waals surface area contributed by atoms with Crippen molar-refractivity contribution in [3.8, 4) is 5.88 Å². The third-order valence-corrected chi connectivity index (χ3v) is 1.78. The molecule has 0 unspecified atom stereocenters. The molecule has 0 amide bonds. The number of aromatic nitrogens is 3. The van der Waals surface area contributed by atoms with Crippen LogP contribution in [0.1, 0.15) is 5.56 Å². The minimum absolute atomic E-state index is 0.575. The first-order chi connectivity index (χ1) is 5.81. The van der Waals surface area contributed by atoms with Crippen molar-refractivity contribution < 1.29 is 4.74 Å². The fourth-order valence-electron chi connectivity index (χ4n) is 1.09. The lowest BCUT2D eigenvalue weighted by molar-refractivity contribution is 0.394. The lowest BCUT2D eigenvalue weighted by Gasteiger charge is -1.98. The fraction of sp³-hybridized carbons (Fsp3) is 0.250. The maximum Gasteiger partial charge on any atom is 0.232 e. The van der Waals surface area contributed by atoms with Gasteiger partial charge in [0, 0.05) is 0 Å². The molecule has 12 heavy (non-hydrogen) atoms. The summed E-state index contributed by atoms with van der Waals surface area (Å²) in [5.74, 6) is 0.575. The van der Waals surface area contributed by atoms with Gasteiger partial charge in [-0.25, -0.2) is 9.50 Å². The highest BCUT2D eigenvalue weighted by molar-refractivity contribution is 5.51. The molecule has 0 saturated heterocycles. The first kappa shape index (κ1) is 7.09. The number of fused-ring (bicyclic) bond motifs is 1. The number of aryl methyl sites for hydroxylation is 1. The molecule has 2 aromatic rings. The highest BCUT2D eigenvalue weighted by Crippen LogP contribution is 2.11. The molecule has 0 aliphatic heterocycles. The van der Waals surface area contributed by atoms with Crippen LogP contribution in [0.15, 0.2) is 18.6 Å². The van der Waals surface area contributed by atoms with Crippen LogP contribution in [0, 0.1) is 6.92 Å². The van der Waals surface area contributed by atoms with Gasteiger partial charge in [-0.05, 0) is 12.5 Å². The molecule has 62 valence electrons. The fourth-order valence-corrected chi connectivity index (χ4v) is 1.09. The Balaban J connectivity index is 2.69. The molecule has 2 heterocycles. The number of rotatable bonds is 1. The standard InChI is InChI=1S/C8H9N3O/c1-6-3-10-11-5-8(12-2)9-4-7(6)11/h3-5H,1-2H3. The van der Waals surface area contributed by atoms with Gasteiger partial charge in [0.1, 0.15) is 0 Å². The first-order valence-electron chi connectivity index (χ1n) is 3.65. The van der Waals surface area contributed by atoms with Gasteiger partial charge < -0.3 is 4.74 Å². The van der Waals surface area contributed by atoms with E-state index >= 15 is 0 Å². The lowest BCUT2D eigenvalue weighted by Crippen LogP contribution is -1.92. The average Bonchev–Trinajstić information content (AvgIpc) is 2.47. The summed E-state index contributed by atoms with van der Waals surface area (Å²) in [6.07, 6.45) is 5.31. The van der Waals surface area contributed by atoms with Crippen LogP contribution < -0.4 is 4.74 Å². The maximum atomic E-state index is 4.96. The summed E-state index contributed by atoms with van der Waals surface area (Å²) in [6.45, 7) is 2.00. The number of ether oxygens (including phenoxy) is 1. The SMILES string of the molecule is COc1cn2ncc(C)c2cn1. The van der Waals surface area contributed by atoms with Gasteiger partial charge in [-0.2, -0.15) is 5.10 Å². The van der Waals surface area contributed by atoms with Gasteiger partial charge in [0.25, 0.3) is 0 Å². The number of hydrogen-bond donors (Lipinski definition) is 0. The topological polar surface area (TPSA) is 39.4 Å². The third-order valence-electron chi connectivity index (χ3n) is 1.78. The Morgan fingerprint density at radius 1 is 1.42 bits per heavy atom. The number of methoxy groups -OCH3 is 1. The van der Waals surface area contributed by atoms with Gasteiger partial charge in [-0.3, -0.25) is 0 Å². The van der Waals surface area contributed by atoms with Crippen molar-refractivity contribution in [3.05, 3.63) is 24.2 Å². The summed E-state index contributed by atoms with van der Waals surface area (Å²) in [7, 11) is 1.59. The van der Waals surface area contributed by atoms with Crippen molar-refractivity contribution >= 4 is 5.52 Å². The highest BCUT2D eigenvalue weighted by atomic mass is 16.5.